The third-order valence-corrected chi connectivity index (χ3v) is 10.4. The van der Waals surface area contributed by atoms with Gasteiger partial charge in [0.25, 0.3) is 0 Å². The number of benzene rings is 3. The maximum Gasteiger partial charge on any atom is 0.208 e. The molecule has 0 fully saturated rings. The van der Waals surface area contributed by atoms with Crippen molar-refractivity contribution in [3.63, 3.8) is 0 Å². The maximum atomic E-state index is 6.92. The average Bonchev–Trinajstić information content (AvgIpc) is 3.20. The summed E-state index contributed by atoms with van der Waals surface area (Å²) in [6.45, 7) is 11.7. The monoisotopic (exact) mass is 743 g/mol. The summed E-state index contributed by atoms with van der Waals surface area (Å²) in [5.74, 6) is 3.01. The Hall–Kier alpha value is -3.14. The van der Waals surface area contributed by atoms with Crippen LogP contribution >= 0.6 is 0 Å². The van der Waals surface area contributed by atoms with Gasteiger partial charge in [0.1, 0.15) is 0 Å². The fraction of sp³-hybridized carbons (Fsp3) is 0.640. The molecule has 3 aromatic rings. The third kappa shape index (κ3) is 17.5. The van der Waals surface area contributed by atoms with E-state index in [1.165, 1.54) is 140 Å². The first-order chi connectivity index (χ1) is 26.7. The molecule has 3 aromatic carbocycles. The molecule has 3 rings (SSSR count). The lowest BCUT2D eigenvalue weighted by atomic mass is 9.93. The minimum Gasteiger partial charge on any atom is -0.490 e. The quantitative estimate of drug-likeness (QED) is 0.0571. The second-order valence-corrected chi connectivity index (χ2v) is 15.3. The number of ether oxygens (including phenoxy) is 4. The molecule has 0 aliphatic carbocycles. The molecule has 54 heavy (non-hydrogen) atoms. The largest absolute Gasteiger partial charge is 0.490 e. The molecular weight excluding hydrogens is 665 g/mol. The number of hydrogen-bond acceptors (Lipinski definition) is 4. The van der Waals surface area contributed by atoms with Crippen LogP contribution in [0.1, 0.15) is 182 Å². The van der Waals surface area contributed by atoms with E-state index in [-0.39, 0.29) is 0 Å². The van der Waals surface area contributed by atoms with E-state index in [4.69, 9.17) is 18.9 Å². The Labute approximate surface area is 332 Å². The van der Waals surface area contributed by atoms with Crippen LogP contribution in [0.3, 0.4) is 0 Å². The minimum atomic E-state index is 0.632. The van der Waals surface area contributed by atoms with Crippen LogP contribution in [0.25, 0.3) is 22.3 Å². The molecule has 0 spiro atoms. The van der Waals surface area contributed by atoms with E-state index in [0.717, 1.165) is 59.8 Å². The van der Waals surface area contributed by atoms with Crippen LogP contribution < -0.4 is 18.9 Å². The van der Waals surface area contributed by atoms with Crippen LogP contribution in [-0.2, 0) is 0 Å². The van der Waals surface area contributed by atoms with E-state index in [2.05, 4.69) is 88.4 Å². The summed E-state index contributed by atoms with van der Waals surface area (Å²) in [5, 5.41) is 0. The molecule has 4 heteroatoms. The summed E-state index contributed by atoms with van der Waals surface area (Å²) < 4.78 is 27.3. The Morgan fingerprint density at radius 2 is 0.685 bits per heavy atom. The number of unbranched alkanes of at least 4 members (excludes halogenated alkanes) is 20. The van der Waals surface area contributed by atoms with Gasteiger partial charge >= 0.3 is 0 Å². The van der Waals surface area contributed by atoms with Crippen LogP contribution in [-0.4, -0.2) is 26.4 Å². The molecule has 0 aliphatic heterocycles. The molecule has 0 saturated heterocycles. The minimum absolute atomic E-state index is 0.632. The van der Waals surface area contributed by atoms with Crippen molar-refractivity contribution in [3.05, 3.63) is 60.7 Å². The van der Waals surface area contributed by atoms with Gasteiger partial charge in [-0.3, -0.25) is 0 Å². The van der Waals surface area contributed by atoms with Gasteiger partial charge in [0.05, 0.1) is 26.4 Å². The highest BCUT2D eigenvalue weighted by molar-refractivity contribution is 5.89. The fourth-order valence-corrected chi connectivity index (χ4v) is 7.14. The highest BCUT2D eigenvalue weighted by atomic mass is 16.6. The first kappa shape index (κ1) is 45.3. The third-order valence-electron chi connectivity index (χ3n) is 10.4. The predicted octanol–water partition coefficient (Wildman–Crippen LogP) is 16.0. The van der Waals surface area contributed by atoms with Gasteiger partial charge in [0, 0.05) is 5.56 Å². The first-order valence-corrected chi connectivity index (χ1v) is 22.6. The van der Waals surface area contributed by atoms with E-state index >= 15 is 0 Å². The zero-order valence-electron chi connectivity index (χ0n) is 35.2. The fourth-order valence-electron chi connectivity index (χ4n) is 7.14. The summed E-state index contributed by atoms with van der Waals surface area (Å²) in [6.07, 6.45) is 29.2. The van der Waals surface area contributed by atoms with Gasteiger partial charge in [-0.2, -0.15) is 0 Å². The summed E-state index contributed by atoms with van der Waals surface area (Å²) in [7, 11) is 0. The molecular formula is C50H78O4. The smallest absolute Gasteiger partial charge is 0.208 e. The Kier molecular flexibility index (Phi) is 25.2. The van der Waals surface area contributed by atoms with Crippen LogP contribution in [0.5, 0.6) is 23.0 Å². The van der Waals surface area contributed by atoms with Crippen LogP contribution in [0.15, 0.2) is 60.7 Å². The van der Waals surface area contributed by atoms with Gasteiger partial charge in [0.2, 0.25) is 11.5 Å². The summed E-state index contributed by atoms with van der Waals surface area (Å²) >= 11 is 0. The topological polar surface area (TPSA) is 36.9 Å². The summed E-state index contributed by atoms with van der Waals surface area (Å²) in [5.41, 5.74) is 4.50. The van der Waals surface area contributed by atoms with Gasteiger partial charge in [-0.05, 0) is 48.4 Å². The van der Waals surface area contributed by atoms with Crippen molar-refractivity contribution in [2.75, 3.05) is 26.4 Å². The van der Waals surface area contributed by atoms with Crippen molar-refractivity contribution in [2.45, 2.75) is 182 Å². The summed E-state index contributed by atoms with van der Waals surface area (Å²) in [4.78, 5) is 0. The van der Waals surface area contributed by atoms with Crippen molar-refractivity contribution < 1.29 is 18.9 Å². The van der Waals surface area contributed by atoms with E-state index < -0.39 is 0 Å². The molecule has 0 radical (unpaired) electrons. The normalized spacial score (nSPS) is 11.2. The Balaban J connectivity index is 2.05. The van der Waals surface area contributed by atoms with Gasteiger partial charge in [-0.1, -0.05) is 211 Å². The highest BCUT2D eigenvalue weighted by Crippen LogP contribution is 2.52. The zero-order chi connectivity index (χ0) is 38.3. The van der Waals surface area contributed by atoms with Crippen LogP contribution in [0.4, 0.5) is 0 Å². The SMILES string of the molecule is CCCCCCCCOc1cc(-c2ccccc2-c2ccccc2)c(OCCCCCCCC)c(OCCCCCCCC)c1OCCCCCCCC. The first-order valence-electron chi connectivity index (χ1n) is 22.6. The van der Waals surface area contributed by atoms with Gasteiger partial charge in [-0.15, -0.1) is 0 Å². The lowest BCUT2D eigenvalue weighted by molar-refractivity contribution is 0.220. The predicted molar refractivity (Wildman–Crippen MR) is 233 cm³/mol. The molecule has 0 saturated carbocycles. The maximum absolute atomic E-state index is 6.92. The van der Waals surface area contributed by atoms with Gasteiger partial charge in [0.15, 0.2) is 11.5 Å². The van der Waals surface area contributed by atoms with E-state index in [1.54, 1.807) is 0 Å². The zero-order valence-corrected chi connectivity index (χ0v) is 35.2. The van der Waals surface area contributed by atoms with Gasteiger partial charge in [-0.25, -0.2) is 0 Å². The molecule has 0 aromatic heterocycles. The number of rotatable bonds is 34. The van der Waals surface area contributed by atoms with Crippen molar-refractivity contribution in [1.29, 1.82) is 0 Å². The molecule has 0 N–H and O–H groups in total. The highest BCUT2D eigenvalue weighted by Gasteiger charge is 2.26. The molecule has 0 heterocycles. The molecule has 0 unspecified atom stereocenters. The Morgan fingerprint density at radius 3 is 1.17 bits per heavy atom. The van der Waals surface area contributed by atoms with E-state index in [9.17, 15) is 0 Å². The van der Waals surface area contributed by atoms with Crippen LogP contribution in [0, 0.1) is 0 Å². The molecule has 0 atom stereocenters. The molecule has 0 bridgehead atoms. The lowest BCUT2D eigenvalue weighted by Gasteiger charge is -2.24. The molecule has 0 aliphatic rings. The molecule has 0 amide bonds. The van der Waals surface area contributed by atoms with Crippen LogP contribution in [0.2, 0.25) is 0 Å². The number of hydrogen-bond donors (Lipinski definition) is 0. The van der Waals surface area contributed by atoms with E-state index in [0.29, 0.717) is 26.4 Å². The lowest BCUT2D eigenvalue weighted by Crippen LogP contribution is -2.10. The van der Waals surface area contributed by atoms with E-state index in [1.807, 2.05) is 0 Å². The second-order valence-electron chi connectivity index (χ2n) is 15.3. The van der Waals surface area contributed by atoms with Gasteiger partial charge < -0.3 is 18.9 Å². The molecule has 302 valence electrons. The standard InChI is InChI=1S/C50H78O4/c1-5-9-13-17-21-30-38-51-47-42-46(45-37-29-28-36-44(45)43-34-26-25-27-35-43)48(52-39-31-22-18-14-10-6-2)50(54-41-33-24-20-16-12-8-4)49(47)53-40-32-23-19-15-11-7-3/h25-29,34-37,42H,5-24,30-33,38-41H2,1-4H3. The Bertz CT molecular complexity index is 1340. The van der Waals surface area contributed by atoms with Crippen molar-refractivity contribution in [2.24, 2.45) is 0 Å². The Morgan fingerprint density at radius 1 is 0.315 bits per heavy atom. The summed E-state index contributed by atoms with van der Waals surface area (Å²) in [6, 6.07) is 21.6. The van der Waals surface area contributed by atoms with Crippen molar-refractivity contribution >= 4 is 0 Å². The molecule has 4 nitrogen and oxygen atoms in total. The second kappa shape index (κ2) is 30.1. The van der Waals surface area contributed by atoms with Crippen molar-refractivity contribution in [1.82, 2.24) is 0 Å². The average molecular weight is 743 g/mol. The van der Waals surface area contributed by atoms with Crippen molar-refractivity contribution in [3.8, 4) is 45.3 Å².